The zero-order valence-electron chi connectivity index (χ0n) is 10.4. The minimum atomic E-state index is 0.124. The molecule has 18 heavy (non-hydrogen) atoms. The first-order valence-corrected chi connectivity index (χ1v) is 7.72. The highest BCUT2D eigenvalue weighted by atomic mass is 79.9. The highest BCUT2D eigenvalue weighted by Gasteiger charge is 2.11. The molecular formula is C13H18BrNO2S. The molecule has 100 valence electrons. The molecule has 0 heterocycles. The number of halogens is 1. The van der Waals surface area contributed by atoms with Crippen molar-refractivity contribution in [3.05, 3.63) is 28.7 Å². The Labute approximate surface area is 121 Å². The van der Waals surface area contributed by atoms with Crippen LogP contribution in [-0.4, -0.2) is 41.4 Å². The van der Waals surface area contributed by atoms with Crippen molar-refractivity contribution >= 4 is 33.6 Å². The van der Waals surface area contributed by atoms with Crippen molar-refractivity contribution in [3.63, 3.8) is 0 Å². The third kappa shape index (κ3) is 5.42. The Bertz CT molecular complexity index is 370. The van der Waals surface area contributed by atoms with E-state index in [1.165, 1.54) is 11.8 Å². The van der Waals surface area contributed by atoms with Gasteiger partial charge in [0, 0.05) is 29.1 Å². The van der Waals surface area contributed by atoms with Gasteiger partial charge in [0.2, 0.25) is 5.91 Å². The lowest BCUT2D eigenvalue weighted by Gasteiger charge is -2.20. The largest absolute Gasteiger partial charge is 0.396 e. The highest BCUT2D eigenvalue weighted by Crippen LogP contribution is 2.20. The summed E-state index contributed by atoms with van der Waals surface area (Å²) in [5.41, 5.74) is 0. The van der Waals surface area contributed by atoms with Crippen molar-refractivity contribution in [2.45, 2.75) is 18.2 Å². The maximum absolute atomic E-state index is 11.9. The third-order valence-corrected chi connectivity index (χ3v) is 4.02. The molecule has 0 spiro atoms. The fraction of sp³-hybridized carbons (Fsp3) is 0.462. The molecule has 0 fully saturated rings. The van der Waals surface area contributed by atoms with Gasteiger partial charge in [-0.3, -0.25) is 4.79 Å². The zero-order valence-corrected chi connectivity index (χ0v) is 12.8. The lowest BCUT2D eigenvalue weighted by molar-refractivity contribution is -0.128. The topological polar surface area (TPSA) is 40.5 Å². The minimum Gasteiger partial charge on any atom is -0.396 e. The van der Waals surface area contributed by atoms with Crippen LogP contribution < -0.4 is 0 Å². The van der Waals surface area contributed by atoms with Crippen LogP contribution in [0.1, 0.15) is 13.3 Å². The molecule has 1 N–H and O–H groups in total. The van der Waals surface area contributed by atoms with E-state index in [2.05, 4.69) is 15.9 Å². The van der Waals surface area contributed by atoms with Crippen molar-refractivity contribution < 1.29 is 9.90 Å². The van der Waals surface area contributed by atoms with Crippen LogP contribution >= 0.6 is 27.7 Å². The number of aliphatic hydroxyl groups excluding tert-OH is 1. The van der Waals surface area contributed by atoms with Crippen LogP contribution in [0.5, 0.6) is 0 Å². The Morgan fingerprint density at radius 2 is 2.06 bits per heavy atom. The van der Waals surface area contributed by atoms with Gasteiger partial charge in [-0.25, -0.2) is 0 Å². The molecule has 0 aromatic heterocycles. The average molecular weight is 332 g/mol. The second-order valence-corrected chi connectivity index (χ2v) is 5.76. The number of hydrogen-bond acceptors (Lipinski definition) is 3. The number of amides is 1. The number of carbonyl (C=O) groups excluding carboxylic acids is 1. The molecule has 0 saturated heterocycles. The number of hydrogen-bond donors (Lipinski definition) is 1. The SMILES string of the molecule is CCN(CCCO)C(=O)CSc1ccc(Br)cc1. The Hall–Kier alpha value is -0.520. The van der Waals surface area contributed by atoms with Crippen molar-refractivity contribution in [3.8, 4) is 0 Å². The molecule has 0 unspecified atom stereocenters. The molecule has 0 aliphatic carbocycles. The summed E-state index contributed by atoms with van der Waals surface area (Å²) in [5, 5.41) is 8.78. The van der Waals surface area contributed by atoms with Crippen LogP contribution in [0.3, 0.4) is 0 Å². The summed E-state index contributed by atoms with van der Waals surface area (Å²) < 4.78 is 1.04. The first-order valence-electron chi connectivity index (χ1n) is 5.94. The Balaban J connectivity index is 2.41. The van der Waals surface area contributed by atoms with Gasteiger partial charge in [-0.1, -0.05) is 15.9 Å². The van der Waals surface area contributed by atoms with Gasteiger partial charge in [-0.2, -0.15) is 0 Å². The van der Waals surface area contributed by atoms with E-state index in [-0.39, 0.29) is 12.5 Å². The molecule has 0 saturated carbocycles. The van der Waals surface area contributed by atoms with Crippen LogP contribution in [0, 0.1) is 0 Å². The first-order chi connectivity index (χ1) is 8.67. The van der Waals surface area contributed by atoms with Gasteiger partial charge in [0.1, 0.15) is 0 Å². The Kier molecular flexibility index (Phi) is 7.39. The van der Waals surface area contributed by atoms with E-state index in [9.17, 15) is 4.79 Å². The van der Waals surface area contributed by atoms with E-state index in [1.54, 1.807) is 4.90 Å². The fourth-order valence-electron chi connectivity index (χ4n) is 1.49. The number of carbonyl (C=O) groups is 1. The average Bonchev–Trinajstić information content (AvgIpc) is 2.39. The maximum atomic E-state index is 11.9. The minimum absolute atomic E-state index is 0.124. The summed E-state index contributed by atoms with van der Waals surface area (Å²) in [6.07, 6.45) is 0.641. The molecule has 3 nitrogen and oxygen atoms in total. The number of nitrogens with zero attached hydrogens (tertiary/aromatic N) is 1. The summed E-state index contributed by atoms with van der Waals surface area (Å²) in [6, 6.07) is 7.92. The second kappa shape index (κ2) is 8.56. The molecule has 1 rings (SSSR count). The summed E-state index contributed by atoms with van der Waals surface area (Å²) in [4.78, 5) is 14.8. The molecule has 0 bridgehead atoms. The van der Waals surface area contributed by atoms with Gasteiger partial charge >= 0.3 is 0 Å². The molecule has 1 amide bonds. The first kappa shape index (κ1) is 15.5. The molecule has 1 aromatic carbocycles. The summed E-state index contributed by atoms with van der Waals surface area (Å²) in [5.74, 6) is 0.569. The number of rotatable bonds is 7. The molecule has 0 atom stereocenters. The van der Waals surface area contributed by atoms with E-state index >= 15 is 0 Å². The van der Waals surface area contributed by atoms with Gasteiger partial charge in [0.15, 0.2) is 0 Å². The third-order valence-electron chi connectivity index (χ3n) is 2.50. The molecule has 0 aliphatic rings. The second-order valence-electron chi connectivity index (χ2n) is 3.79. The Morgan fingerprint density at radius 3 is 2.61 bits per heavy atom. The zero-order chi connectivity index (χ0) is 13.4. The highest BCUT2D eigenvalue weighted by molar-refractivity contribution is 9.10. The van der Waals surface area contributed by atoms with Crippen molar-refractivity contribution in [1.82, 2.24) is 4.90 Å². The van der Waals surface area contributed by atoms with E-state index in [0.29, 0.717) is 25.3 Å². The normalized spacial score (nSPS) is 10.4. The molecule has 5 heteroatoms. The molecular weight excluding hydrogens is 314 g/mol. The maximum Gasteiger partial charge on any atom is 0.232 e. The Morgan fingerprint density at radius 1 is 1.39 bits per heavy atom. The fourth-order valence-corrected chi connectivity index (χ4v) is 2.55. The lowest BCUT2D eigenvalue weighted by atomic mass is 10.4. The van der Waals surface area contributed by atoms with Crippen molar-refractivity contribution in [2.75, 3.05) is 25.4 Å². The van der Waals surface area contributed by atoms with Crippen LogP contribution in [0.2, 0.25) is 0 Å². The van der Waals surface area contributed by atoms with Crippen LogP contribution in [0.4, 0.5) is 0 Å². The monoisotopic (exact) mass is 331 g/mol. The van der Waals surface area contributed by atoms with E-state index < -0.39 is 0 Å². The lowest BCUT2D eigenvalue weighted by Crippen LogP contribution is -2.33. The van der Waals surface area contributed by atoms with Crippen LogP contribution in [0.15, 0.2) is 33.6 Å². The molecule has 0 radical (unpaired) electrons. The van der Waals surface area contributed by atoms with Crippen LogP contribution in [0.25, 0.3) is 0 Å². The van der Waals surface area contributed by atoms with Crippen molar-refractivity contribution in [1.29, 1.82) is 0 Å². The van der Waals surface area contributed by atoms with Gasteiger partial charge in [0.25, 0.3) is 0 Å². The number of aliphatic hydroxyl groups is 1. The predicted molar refractivity (Wildman–Crippen MR) is 78.8 cm³/mol. The van der Waals surface area contributed by atoms with Gasteiger partial charge in [-0.05, 0) is 37.6 Å². The van der Waals surface area contributed by atoms with Gasteiger partial charge < -0.3 is 10.0 Å². The van der Waals surface area contributed by atoms with E-state index in [1.807, 2.05) is 31.2 Å². The van der Waals surface area contributed by atoms with Gasteiger partial charge in [-0.15, -0.1) is 11.8 Å². The summed E-state index contributed by atoms with van der Waals surface area (Å²) in [7, 11) is 0. The summed E-state index contributed by atoms with van der Waals surface area (Å²) in [6.45, 7) is 3.41. The standard InChI is InChI=1S/C13H18BrNO2S/c1-2-15(8-3-9-16)13(17)10-18-12-6-4-11(14)5-7-12/h4-7,16H,2-3,8-10H2,1H3. The van der Waals surface area contributed by atoms with E-state index in [0.717, 1.165) is 9.37 Å². The van der Waals surface area contributed by atoms with Crippen molar-refractivity contribution in [2.24, 2.45) is 0 Å². The summed E-state index contributed by atoms with van der Waals surface area (Å²) >= 11 is 4.92. The predicted octanol–water partition coefficient (Wildman–Crippen LogP) is 2.77. The molecule has 1 aromatic rings. The number of thioether (sulfide) groups is 1. The number of benzene rings is 1. The van der Waals surface area contributed by atoms with E-state index in [4.69, 9.17) is 5.11 Å². The smallest absolute Gasteiger partial charge is 0.232 e. The quantitative estimate of drug-likeness (QED) is 0.781. The molecule has 0 aliphatic heterocycles. The van der Waals surface area contributed by atoms with Gasteiger partial charge in [0.05, 0.1) is 5.75 Å². The van der Waals surface area contributed by atoms with Crippen LogP contribution in [-0.2, 0) is 4.79 Å².